The third kappa shape index (κ3) is 2.99. The van der Waals surface area contributed by atoms with Gasteiger partial charge in [0.1, 0.15) is 0 Å². The van der Waals surface area contributed by atoms with Gasteiger partial charge in [0.05, 0.1) is 0 Å². The molecule has 2 aromatic heterocycles. The Bertz CT molecular complexity index is 733. The first-order valence-electron chi connectivity index (χ1n) is 7.00. The van der Waals surface area contributed by atoms with E-state index in [1.54, 1.807) is 6.92 Å². The smallest absolute Gasteiger partial charge is 0.247 e. The van der Waals surface area contributed by atoms with Crippen molar-refractivity contribution in [2.75, 3.05) is 0 Å². The second kappa shape index (κ2) is 5.87. The van der Waals surface area contributed by atoms with E-state index < -0.39 is 0 Å². The molecule has 0 fully saturated rings. The summed E-state index contributed by atoms with van der Waals surface area (Å²) in [5, 5.41) is 12.1. The van der Waals surface area contributed by atoms with Crippen LogP contribution in [0.15, 0.2) is 33.2 Å². The predicted octanol–water partition coefficient (Wildman–Crippen LogP) is 3.44. The van der Waals surface area contributed by atoms with Crippen LogP contribution in [0.5, 0.6) is 0 Å². The molecule has 0 radical (unpaired) electrons. The molecular formula is C15H16N4O2. The third-order valence-corrected chi connectivity index (χ3v) is 3.11. The molecule has 0 unspecified atom stereocenters. The van der Waals surface area contributed by atoms with E-state index in [0.29, 0.717) is 23.5 Å². The Kier molecular flexibility index (Phi) is 3.77. The van der Waals surface area contributed by atoms with Crippen LogP contribution in [0.2, 0.25) is 0 Å². The molecule has 3 aromatic rings. The lowest BCUT2D eigenvalue weighted by molar-refractivity contribution is 0.394. The van der Waals surface area contributed by atoms with Gasteiger partial charge in [-0.05, 0) is 18.6 Å². The van der Waals surface area contributed by atoms with Crippen LogP contribution in [0, 0.1) is 6.92 Å². The first-order valence-corrected chi connectivity index (χ1v) is 7.00. The van der Waals surface area contributed by atoms with Gasteiger partial charge < -0.3 is 8.94 Å². The Morgan fingerprint density at radius 3 is 2.76 bits per heavy atom. The number of unbranched alkanes of at least 4 members (excludes halogenated alkanes) is 1. The van der Waals surface area contributed by atoms with E-state index in [1.807, 2.05) is 24.3 Å². The molecule has 0 saturated heterocycles. The molecule has 0 aliphatic rings. The maximum atomic E-state index is 5.68. The minimum Gasteiger partial charge on any atom is -0.421 e. The average molecular weight is 284 g/mol. The van der Waals surface area contributed by atoms with Crippen LogP contribution in [-0.2, 0) is 6.42 Å². The molecule has 2 heterocycles. The van der Waals surface area contributed by atoms with Crippen molar-refractivity contribution < 1.29 is 8.94 Å². The fraction of sp³-hybridized carbons (Fsp3) is 0.333. The molecule has 1 aromatic carbocycles. The molecule has 0 amide bonds. The minimum absolute atomic E-state index is 0.517. The summed E-state index contributed by atoms with van der Waals surface area (Å²) in [6.45, 7) is 3.89. The molecule has 0 atom stereocenters. The molecule has 0 aliphatic carbocycles. The lowest BCUT2D eigenvalue weighted by Gasteiger charge is -1.98. The van der Waals surface area contributed by atoms with Crippen LogP contribution in [0.1, 0.15) is 31.5 Å². The van der Waals surface area contributed by atoms with E-state index in [1.165, 1.54) is 0 Å². The molecule has 0 aliphatic heterocycles. The van der Waals surface area contributed by atoms with Crippen LogP contribution < -0.4 is 0 Å². The monoisotopic (exact) mass is 284 g/mol. The summed E-state index contributed by atoms with van der Waals surface area (Å²) in [7, 11) is 0. The minimum atomic E-state index is 0.517. The SMILES string of the molecule is CCCCc1nnc(-c2cccc(-c3noc(C)n3)c2)o1. The van der Waals surface area contributed by atoms with E-state index >= 15 is 0 Å². The zero-order valence-electron chi connectivity index (χ0n) is 12.0. The third-order valence-electron chi connectivity index (χ3n) is 3.11. The van der Waals surface area contributed by atoms with Gasteiger partial charge in [-0.1, -0.05) is 30.6 Å². The highest BCUT2D eigenvalue weighted by Gasteiger charge is 2.11. The number of nitrogens with zero attached hydrogens (tertiary/aromatic N) is 4. The van der Waals surface area contributed by atoms with E-state index in [2.05, 4.69) is 27.3 Å². The maximum Gasteiger partial charge on any atom is 0.247 e. The van der Waals surface area contributed by atoms with Gasteiger partial charge >= 0.3 is 0 Å². The van der Waals surface area contributed by atoms with Crippen molar-refractivity contribution in [3.05, 3.63) is 36.0 Å². The van der Waals surface area contributed by atoms with Crippen molar-refractivity contribution in [1.29, 1.82) is 0 Å². The van der Waals surface area contributed by atoms with Crippen molar-refractivity contribution in [3.63, 3.8) is 0 Å². The zero-order valence-corrected chi connectivity index (χ0v) is 12.0. The number of hydrogen-bond donors (Lipinski definition) is 0. The lowest BCUT2D eigenvalue weighted by Crippen LogP contribution is -1.83. The average Bonchev–Trinajstić information content (AvgIpc) is 3.14. The summed E-state index contributed by atoms with van der Waals surface area (Å²) in [5.41, 5.74) is 1.71. The molecule has 108 valence electrons. The molecule has 3 rings (SSSR count). The quantitative estimate of drug-likeness (QED) is 0.714. The Morgan fingerprint density at radius 1 is 1.14 bits per heavy atom. The van der Waals surface area contributed by atoms with Gasteiger partial charge in [0.15, 0.2) is 0 Å². The number of rotatable bonds is 5. The fourth-order valence-electron chi connectivity index (χ4n) is 2.01. The van der Waals surface area contributed by atoms with Gasteiger partial charge in [0.25, 0.3) is 0 Å². The molecular weight excluding hydrogens is 268 g/mol. The van der Waals surface area contributed by atoms with Gasteiger partial charge in [-0.15, -0.1) is 10.2 Å². The fourth-order valence-corrected chi connectivity index (χ4v) is 2.01. The van der Waals surface area contributed by atoms with Gasteiger partial charge in [-0.3, -0.25) is 0 Å². The standard InChI is InChI=1S/C15H16N4O2/c1-3-4-8-13-17-18-15(20-13)12-7-5-6-11(9-12)14-16-10(2)21-19-14/h5-7,9H,3-4,8H2,1-2H3. The summed E-state index contributed by atoms with van der Waals surface area (Å²) in [5.74, 6) is 2.28. The van der Waals surface area contributed by atoms with Crippen LogP contribution in [-0.4, -0.2) is 20.3 Å². The normalized spacial score (nSPS) is 11.0. The van der Waals surface area contributed by atoms with Crippen LogP contribution in [0.25, 0.3) is 22.8 Å². The molecule has 0 bridgehead atoms. The first-order chi connectivity index (χ1) is 10.3. The largest absolute Gasteiger partial charge is 0.421 e. The van der Waals surface area contributed by atoms with Crippen LogP contribution >= 0.6 is 0 Å². The Hall–Kier alpha value is -2.50. The predicted molar refractivity (Wildman–Crippen MR) is 76.4 cm³/mol. The second-order valence-electron chi connectivity index (χ2n) is 4.82. The Labute approximate surface area is 122 Å². The highest BCUT2D eigenvalue weighted by Crippen LogP contribution is 2.24. The number of benzene rings is 1. The number of aromatic nitrogens is 4. The highest BCUT2D eigenvalue weighted by molar-refractivity contribution is 5.64. The lowest BCUT2D eigenvalue weighted by atomic mass is 10.1. The number of hydrogen-bond acceptors (Lipinski definition) is 6. The summed E-state index contributed by atoms with van der Waals surface area (Å²) >= 11 is 0. The Morgan fingerprint density at radius 2 is 2.00 bits per heavy atom. The molecule has 0 spiro atoms. The van der Waals surface area contributed by atoms with E-state index in [9.17, 15) is 0 Å². The van der Waals surface area contributed by atoms with Crippen molar-refractivity contribution in [1.82, 2.24) is 20.3 Å². The van der Waals surface area contributed by atoms with E-state index in [0.717, 1.165) is 30.4 Å². The second-order valence-corrected chi connectivity index (χ2v) is 4.82. The van der Waals surface area contributed by atoms with Gasteiger partial charge in [0.2, 0.25) is 23.5 Å². The van der Waals surface area contributed by atoms with Crippen molar-refractivity contribution in [2.45, 2.75) is 33.1 Å². The molecule has 0 saturated carbocycles. The van der Waals surface area contributed by atoms with Crippen molar-refractivity contribution >= 4 is 0 Å². The summed E-state index contributed by atoms with van der Waals surface area (Å²) in [6, 6.07) is 7.67. The maximum absolute atomic E-state index is 5.68. The van der Waals surface area contributed by atoms with Crippen LogP contribution in [0.3, 0.4) is 0 Å². The van der Waals surface area contributed by atoms with E-state index in [-0.39, 0.29) is 0 Å². The van der Waals surface area contributed by atoms with Gasteiger partial charge in [0, 0.05) is 24.5 Å². The number of aryl methyl sites for hydroxylation is 2. The van der Waals surface area contributed by atoms with Gasteiger partial charge in [-0.2, -0.15) is 4.98 Å². The summed E-state index contributed by atoms with van der Waals surface area (Å²) in [4.78, 5) is 4.22. The topological polar surface area (TPSA) is 77.8 Å². The molecule has 21 heavy (non-hydrogen) atoms. The van der Waals surface area contributed by atoms with Gasteiger partial charge in [-0.25, -0.2) is 0 Å². The summed E-state index contributed by atoms with van der Waals surface area (Å²) in [6.07, 6.45) is 2.96. The first kappa shape index (κ1) is 13.5. The van der Waals surface area contributed by atoms with Crippen molar-refractivity contribution in [3.8, 4) is 22.8 Å². The zero-order chi connectivity index (χ0) is 14.7. The molecule has 0 N–H and O–H groups in total. The van der Waals surface area contributed by atoms with Crippen LogP contribution in [0.4, 0.5) is 0 Å². The Balaban J connectivity index is 1.87. The van der Waals surface area contributed by atoms with Crippen molar-refractivity contribution in [2.24, 2.45) is 0 Å². The van der Waals surface area contributed by atoms with E-state index in [4.69, 9.17) is 8.94 Å². The summed E-state index contributed by atoms with van der Waals surface area (Å²) < 4.78 is 10.7. The highest BCUT2D eigenvalue weighted by atomic mass is 16.5. The molecule has 6 nitrogen and oxygen atoms in total. The molecule has 6 heteroatoms.